The molecule has 3 rings (SSSR count). The lowest BCUT2D eigenvalue weighted by atomic mass is 10.0. The summed E-state index contributed by atoms with van der Waals surface area (Å²) in [7, 11) is 3.95. The molecular formula is C23H25N3O2. The van der Waals surface area contributed by atoms with Crippen LogP contribution in [0.25, 0.3) is 22.2 Å². The lowest BCUT2D eigenvalue weighted by molar-refractivity contribution is -0.116. The van der Waals surface area contributed by atoms with Crippen LogP contribution in [-0.4, -0.2) is 48.8 Å². The Morgan fingerprint density at radius 3 is 2.43 bits per heavy atom. The van der Waals surface area contributed by atoms with Crippen LogP contribution in [0, 0.1) is 0 Å². The topological polar surface area (TPSA) is 62.3 Å². The summed E-state index contributed by atoms with van der Waals surface area (Å²) < 4.78 is 0. The molecule has 1 heterocycles. The number of pyridine rings is 1. The Morgan fingerprint density at radius 2 is 1.75 bits per heavy atom. The van der Waals surface area contributed by atoms with E-state index in [1.807, 2.05) is 73.6 Å². The molecule has 1 aromatic heterocycles. The molecule has 3 aromatic rings. The van der Waals surface area contributed by atoms with E-state index in [1.54, 1.807) is 6.92 Å². The Kier molecular flexibility index (Phi) is 6.16. The van der Waals surface area contributed by atoms with E-state index in [-0.39, 0.29) is 11.7 Å². The van der Waals surface area contributed by atoms with Crippen molar-refractivity contribution in [3.63, 3.8) is 0 Å². The van der Waals surface area contributed by atoms with Crippen LogP contribution in [0.4, 0.5) is 0 Å². The second kappa shape index (κ2) is 8.76. The van der Waals surface area contributed by atoms with Gasteiger partial charge in [-0.1, -0.05) is 42.5 Å². The molecule has 0 unspecified atom stereocenters. The van der Waals surface area contributed by atoms with Crippen LogP contribution in [0.1, 0.15) is 22.8 Å². The van der Waals surface area contributed by atoms with Crippen LogP contribution in [0.15, 0.2) is 54.6 Å². The number of carbonyl (C=O) groups is 2. The predicted molar refractivity (Wildman–Crippen MR) is 112 cm³/mol. The molecule has 0 saturated heterocycles. The minimum Gasteiger partial charge on any atom is -0.351 e. The molecule has 0 aliphatic heterocycles. The van der Waals surface area contributed by atoms with E-state index in [1.165, 1.54) is 0 Å². The summed E-state index contributed by atoms with van der Waals surface area (Å²) >= 11 is 0. The minimum atomic E-state index is -0.102. The Morgan fingerprint density at radius 1 is 1.04 bits per heavy atom. The van der Waals surface area contributed by atoms with Crippen molar-refractivity contribution in [2.24, 2.45) is 0 Å². The van der Waals surface area contributed by atoms with Crippen LogP contribution >= 0.6 is 0 Å². The number of likely N-dealkylation sites (N-methyl/N-ethyl adjacent to an activating group) is 1. The van der Waals surface area contributed by atoms with Gasteiger partial charge in [0, 0.05) is 30.5 Å². The highest BCUT2D eigenvalue weighted by atomic mass is 16.1. The molecule has 0 aliphatic carbocycles. The van der Waals surface area contributed by atoms with E-state index >= 15 is 0 Å². The molecule has 5 nitrogen and oxygen atoms in total. The quantitative estimate of drug-likeness (QED) is 0.688. The normalized spacial score (nSPS) is 11.0. The van der Waals surface area contributed by atoms with Crippen LogP contribution in [0.5, 0.6) is 0 Å². The number of hydrogen-bond acceptors (Lipinski definition) is 4. The van der Waals surface area contributed by atoms with Gasteiger partial charge in [0.25, 0.3) is 5.91 Å². The Hall–Kier alpha value is -3.05. The van der Waals surface area contributed by atoms with Gasteiger partial charge < -0.3 is 10.2 Å². The highest BCUT2D eigenvalue weighted by molar-refractivity contribution is 6.07. The first-order chi connectivity index (χ1) is 13.4. The average Bonchev–Trinajstić information content (AvgIpc) is 2.67. The molecule has 0 atom stereocenters. The first-order valence-electron chi connectivity index (χ1n) is 9.35. The summed E-state index contributed by atoms with van der Waals surface area (Å²) in [6.45, 7) is 2.94. The van der Waals surface area contributed by atoms with Gasteiger partial charge >= 0.3 is 0 Å². The van der Waals surface area contributed by atoms with Crippen molar-refractivity contribution in [1.29, 1.82) is 0 Å². The molecular weight excluding hydrogens is 350 g/mol. The SMILES string of the molecule is CC(=O)Cc1ccc(-c2cc(C(=O)NCCN(C)C)c3ccccc3n2)cc1. The molecule has 0 bridgehead atoms. The molecule has 1 amide bonds. The predicted octanol–water partition coefficient (Wildman–Crippen LogP) is 3.32. The van der Waals surface area contributed by atoms with Gasteiger partial charge in [0.15, 0.2) is 0 Å². The summed E-state index contributed by atoms with van der Waals surface area (Å²) in [6.07, 6.45) is 0.422. The van der Waals surface area contributed by atoms with E-state index in [9.17, 15) is 9.59 Å². The highest BCUT2D eigenvalue weighted by Crippen LogP contribution is 2.25. The zero-order valence-electron chi connectivity index (χ0n) is 16.5. The summed E-state index contributed by atoms with van der Waals surface area (Å²) in [5, 5.41) is 3.82. The fourth-order valence-electron chi connectivity index (χ4n) is 3.08. The molecule has 0 fully saturated rings. The Balaban J connectivity index is 1.95. The molecule has 1 N–H and O–H groups in total. The molecule has 28 heavy (non-hydrogen) atoms. The largest absolute Gasteiger partial charge is 0.351 e. The van der Waals surface area contributed by atoms with E-state index in [4.69, 9.17) is 4.98 Å². The van der Waals surface area contributed by atoms with Crippen molar-refractivity contribution in [2.45, 2.75) is 13.3 Å². The van der Waals surface area contributed by atoms with Gasteiger partial charge in [0.1, 0.15) is 5.78 Å². The zero-order chi connectivity index (χ0) is 20.1. The van der Waals surface area contributed by atoms with Crippen molar-refractivity contribution >= 4 is 22.6 Å². The number of rotatable bonds is 7. The van der Waals surface area contributed by atoms with Crippen molar-refractivity contribution in [3.8, 4) is 11.3 Å². The zero-order valence-corrected chi connectivity index (χ0v) is 16.5. The third-order valence-corrected chi connectivity index (χ3v) is 4.51. The van der Waals surface area contributed by atoms with Gasteiger partial charge in [-0.3, -0.25) is 9.59 Å². The maximum Gasteiger partial charge on any atom is 0.252 e. The van der Waals surface area contributed by atoms with Gasteiger partial charge in [0.05, 0.1) is 16.8 Å². The number of nitrogens with zero attached hydrogens (tertiary/aromatic N) is 2. The molecule has 144 valence electrons. The number of para-hydroxylation sites is 1. The van der Waals surface area contributed by atoms with E-state index in [2.05, 4.69) is 5.32 Å². The van der Waals surface area contributed by atoms with Crippen molar-refractivity contribution in [2.75, 3.05) is 27.2 Å². The lowest BCUT2D eigenvalue weighted by Gasteiger charge is -2.13. The standard InChI is InChI=1S/C23H25N3O2/c1-16(27)14-17-8-10-18(11-9-17)22-15-20(23(28)24-12-13-26(2)3)19-6-4-5-7-21(19)25-22/h4-11,15H,12-14H2,1-3H3,(H,24,28). The number of fused-ring (bicyclic) bond motifs is 1. The Labute approximate surface area is 165 Å². The van der Waals surface area contributed by atoms with Gasteiger partial charge in [-0.15, -0.1) is 0 Å². The second-order valence-electron chi connectivity index (χ2n) is 7.21. The maximum absolute atomic E-state index is 12.8. The van der Waals surface area contributed by atoms with Crippen molar-refractivity contribution < 1.29 is 9.59 Å². The number of hydrogen-bond donors (Lipinski definition) is 1. The minimum absolute atomic E-state index is 0.102. The van der Waals surface area contributed by atoms with Crippen molar-refractivity contribution in [3.05, 3.63) is 65.7 Å². The van der Waals surface area contributed by atoms with Crippen LogP contribution in [0.3, 0.4) is 0 Å². The number of carbonyl (C=O) groups excluding carboxylic acids is 2. The van der Waals surface area contributed by atoms with Gasteiger partial charge in [-0.25, -0.2) is 4.98 Å². The van der Waals surface area contributed by atoms with Crippen molar-refractivity contribution in [1.82, 2.24) is 15.2 Å². The molecule has 0 aliphatic rings. The van der Waals surface area contributed by atoms with Crippen LogP contribution in [0.2, 0.25) is 0 Å². The number of benzene rings is 2. The monoisotopic (exact) mass is 375 g/mol. The number of aromatic nitrogens is 1. The van der Waals surface area contributed by atoms with E-state index in [0.29, 0.717) is 18.5 Å². The maximum atomic E-state index is 12.8. The molecule has 0 radical (unpaired) electrons. The second-order valence-corrected chi connectivity index (χ2v) is 7.21. The highest BCUT2D eigenvalue weighted by Gasteiger charge is 2.14. The van der Waals surface area contributed by atoms with Gasteiger partial charge in [-0.2, -0.15) is 0 Å². The average molecular weight is 375 g/mol. The first-order valence-corrected chi connectivity index (χ1v) is 9.35. The fraction of sp³-hybridized carbons (Fsp3) is 0.261. The summed E-state index contributed by atoms with van der Waals surface area (Å²) in [4.78, 5) is 30.9. The smallest absolute Gasteiger partial charge is 0.252 e. The molecule has 2 aromatic carbocycles. The van der Waals surface area contributed by atoms with Gasteiger partial charge in [0.2, 0.25) is 0 Å². The fourth-order valence-corrected chi connectivity index (χ4v) is 3.08. The molecule has 0 spiro atoms. The van der Waals surface area contributed by atoms with Crippen LogP contribution in [-0.2, 0) is 11.2 Å². The molecule has 5 heteroatoms. The lowest BCUT2D eigenvalue weighted by Crippen LogP contribution is -2.31. The van der Waals surface area contributed by atoms with E-state index in [0.717, 1.165) is 34.3 Å². The number of amides is 1. The summed E-state index contributed by atoms with van der Waals surface area (Å²) in [5.41, 5.74) is 4.03. The van der Waals surface area contributed by atoms with E-state index < -0.39 is 0 Å². The number of ketones is 1. The third kappa shape index (κ3) is 4.81. The third-order valence-electron chi connectivity index (χ3n) is 4.51. The molecule has 0 saturated carbocycles. The van der Waals surface area contributed by atoms with Gasteiger partial charge in [-0.05, 0) is 38.7 Å². The summed E-state index contributed by atoms with van der Waals surface area (Å²) in [6, 6.07) is 17.3. The number of Topliss-reactive ketones (excluding diaryl/α,β-unsaturated/α-hetero) is 1. The number of nitrogens with one attached hydrogen (secondary N) is 1. The Bertz CT molecular complexity index is 994. The van der Waals surface area contributed by atoms with Crippen LogP contribution < -0.4 is 5.32 Å². The summed E-state index contributed by atoms with van der Waals surface area (Å²) in [5.74, 6) is 0.0307. The first kappa shape index (κ1) is 19.7.